The molecule has 5 heteroatoms. The lowest BCUT2D eigenvalue weighted by Gasteiger charge is -2.10. The number of hydrogen-bond acceptors (Lipinski definition) is 3. The Morgan fingerprint density at radius 1 is 1.36 bits per heavy atom. The fourth-order valence-electron chi connectivity index (χ4n) is 0.721. The molecule has 0 heterocycles. The molecule has 0 rings (SSSR count). The van der Waals surface area contributed by atoms with Crippen molar-refractivity contribution < 1.29 is 9.59 Å². The van der Waals surface area contributed by atoms with E-state index >= 15 is 0 Å². The molecule has 5 nitrogen and oxygen atoms in total. The molecule has 0 radical (unpaired) electrons. The van der Waals surface area contributed by atoms with Crippen molar-refractivity contribution in [2.45, 2.75) is 0 Å². The van der Waals surface area contributed by atoms with Crippen molar-refractivity contribution in [3.8, 4) is 0 Å². The molecular formula is C9H17N3O2. The van der Waals surface area contributed by atoms with Crippen LogP contribution in [0.15, 0.2) is 12.7 Å². The highest BCUT2D eigenvalue weighted by molar-refractivity contribution is 5.90. The van der Waals surface area contributed by atoms with Crippen molar-refractivity contribution in [1.29, 1.82) is 0 Å². The van der Waals surface area contributed by atoms with E-state index in [0.29, 0.717) is 6.54 Å². The zero-order chi connectivity index (χ0) is 11.0. The van der Waals surface area contributed by atoms with E-state index in [4.69, 9.17) is 0 Å². The third-order valence-corrected chi connectivity index (χ3v) is 1.49. The Morgan fingerprint density at radius 2 is 2.00 bits per heavy atom. The first-order chi connectivity index (χ1) is 6.56. The Balaban J connectivity index is 3.46. The van der Waals surface area contributed by atoms with Gasteiger partial charge < -0.3 is 15.5 Å². The first kappa shape index (κ1) is 12.6. The van der Waals surface area contributed by atoms with E-state index in [2.05, 4.69) is 17.2 Å². The lowest BCUT2D eigenvalue weighted by molar-refractivity contribution is -0.123. The SMILES string of the molecule is C=CC(=O)NCC(=O)NCCN(C)C. The lowest BCUT2D eigenvalue weighted by atomic mass is 10.5. The van der Waals surface area contributed by atoms with Crippen LogP contribution in [0.4, 0.5) is 0 Å². The second-order valence-corrected chi connectivity index (χ2v) is 3.08. The Kier molecular flexibility index (Phi) is 6.39. The van der Waals surface area contributed by atoms with Crippen molar-refractivity contribution in [3.05, 3.63) is 12.7 Å². The fraction of sp³-hybridized carbons (Fsp3) is 0.556. The number of likely N-dealkylation sites (N-methyl/N-ethyl adjacent to an activating group) is 1. The number of hydrogen-bond donors (Lipinski definition) is 2. The Hall–Kier alpha value is -1.36. The van der Waals surface area contributed by atoms with E-state index in [1.165, 1.54) is 0 Å². The average molecular weight is 199 g/mol. The number of nitrogens with one attached hydrogen (secondary N) is 2. The molecule has 0 fully saturated rings. The maximum Gasteiger partial charge on any atom is 0.243 e. The van der Waals surface area contributed by atoms with Crippen LogP contribution in [-0.4, -0.2) is 50.4 Å². The van der Waals surface area contributed by atoms with Crippen molar-refractivity contribution in [2.24, 2.45) is 0 Å². The largest absolute Gasteiger partial charge is 0.353 e. The maximum absolute atomic E-state index is 11.1. The number of amides is 2. The highest BCUT2D eigenvalue weighted by Crippen LogP contribution is 1.72. The Labute approximate surface area is 84.2 Å². The summed E-state index contributed by atoms with van der Waals surface area (Å²) in [5, 5.41) is 5.05. The normalized spacial score (nSPS) is 9.64. The molecule has 14 heavy (non-hydrogen) atoms. The molecule has 0 saturated heterocycles. The van der Waals surface area contributed by atoms with Gasteiger partial charge in [0, 0.05) is 13.1 Å². The van der Waals surface area contributed by atoms with Gasteiger partial charge in [-0.25, -0.2) is 0 Å². The molecule has 0 spiro atoms. The summed E-state index contributed by atoms with van der Waals surface area (Å²) in [6.45, 7) is 4.63. The molecule has 0 aromatic carbocycles. The molecule has 80 valence electrons. The van der Waals surface area contributed by atoms with Gasteiger partial charge in [0.25, 0.3) is 0 Å². The zero-order valence-corrected chi connectivity index (χ0v) is 8.67. The van der Waals surface area contributed by atoms with E-state index in [9.17, 15) is 9.59 Å². The minimum absolute atomic E-state index is 0.00170. The van der Waals surface area contributed by atoms with Crippen molar-refractivity contribution in [3.63, 3.8) is 0 Å². The third-order valence-electron chi connectivity index (χ3n) is 1.49. The van der Waals surface area contributed by atoms with Crippen molar-refractivity contribution in [1.82, 2.24) is 15.5 Å². The highest BCUT2D eigenvalue weighted by atomic mass is 16.2. The number of rotatable bonds is 6. The summed E-state index contributed by atoms with van der Waals surface area (Å²) >= 11 is 0. The van der Waals surface area contributed by atoms with Gasteiger partial charge in [-0.1, -0.05) is 6.58 Å². The van der Waals surface area contributed by atoms with Crippen LogP contribution in [0.25, 0.3) is 0 Å². The van der Waals surface area contributed by atoms with Crippen LogP contribution in [0, 0.1) is 0 Å². The molecule has 0 saturated carbocycles. The van der Waals surface area contributed by atoms with Gasteiger partial charge in [-0.05, 0) is 20.2 Å². The Morgan fingerprint density at radius 3 is 2.50 bits per heavy atom. The zero-order valence-electron chi connectivity index (χ0n) is 8.67. The van der Waals surface area contributed by atoms with Gasteiger partial charge in [0.2, 0.25) is 11.8 Å². The van der Waals surface area contributed by atoms with Gasteiger partial charge in [0.15, 0.2) is 0 Å². The fourth-order valence-corrected chi connectivity index (χ4v) is 0.721. The molecule has 0 atom stereocenters. The van der Waals surface area contributed by atoms with Crippen LogP contribution < -0.4 is 10.6 Å². The van der Waals surface area contributed by atoms with Crippen LogP contribution in [0.5, 0.6) is 0 Å². The molecule has 0 aliphatic rings. The van der Waals surface area contributed by atoms with Gasteiger partial charge >= 0.3 is 0 Å². The number of carbonyl (C=O) groups is 2. The summed E-state index contributed by atoms with van der Waals surface area (Å²) in [6, 6.07) is 0. The van der Waals surface area contributed by atoms with E-state index in [0.717, 1.165) is 12.6 Å². The molecule has 0 aliphatic carbocycles. The smallest absolute Gasteiger partial charge is 0.243 e. The third kappa shape index (κ3) is 7.30. The molecule has 2 amide bonds. The standard InChI is InChI=1S/C9H17N3O2/c1-4-8(13)11-7-9(14)10-5-6-12(2)3/h4H,1,5-7H2,2-3H3,(H,10,14)(H,11,13). The molecule has 0 unspecified atom stereocenters. The predicted octanol–water partition coefficient (Wildman–Crippen LogP) is -1.03. The monoisotopic (exact) mass is 199 g/mol. The lowest BCUT2D eigenvalue weighted by Crippen LogP contribution is -2.38. The van der Waals surface area contributed by atoms with Crippen LogP contribution in [-0.2, 0) is 9.59 Å². The van der Waals surface area contributed by atoms with E-state index in [1.807, 2.05) is 19.0 Å². The van der Waals surface area contributed by atoms with Crippen molar-refractivity contribution >= 4 is 11.8 Å². The minimum atomic E-state index is -0.340. The predicted molar refractivity (Wildman–Crippen MR) is 54.8 cm³/mol. The summed E-state index contributed by atoms with van der Waals surface area (Å²) in [5.74, 6) is -0.533. The molecular weight excluding hydrogens is 182 g/mol. The summed E-state index contributed by atoms with van der Waals surface area (Å²) in [6.07, 6.45) is 1.13. The second-order valence-electron chi connectivity index (χ2n) is 3.08. The first-order valence-corrected chi connectivity index (χ1v) is 4.38. The van der Waals surface area contributed by atoms with Gasteiger partial charge in [0.05, 0.1) is 6.54 Å². The molecule has 0 aromatic rings. The van der Waals surface area contributed by atoms with Gasteiger partial charge in [-0.3, -0.25) is 9.59 Å². The van der Waals surface area contributed by atoms with Gasteiger partial charge in [0.1, 0.15) is 0 Å². The summed E-state index contributed by atoms with van der Waals surface area (Å²) in [5.41, 5.74) is 0. The minimum Gasteiger partial charge on any atom is -0.353 e. The van der Waals surface area contributed by atoms with E-state index in [-0.39, 0.29) is 18.4 Å². The number of nitrogens with zero attached hydrogens (tertiary/aromatic N) is 1. The summed E-state index contributed by atoms with van der Waals surface area (Å²) < 4.78 is 0. The maximum atomic E-state index is 11.1. The van der Waals surface area contributed by atoms with Crippen LogP contribution in [0.3, 0.4) is 0 Å². The van der Waals surface area contributed by atoms with Crippen LogP contribution in [0.2, 0.25) is 0 Å². The highest BCUT2D eigenvalue weighted by Gasteiger charge is 2.01. The first-order valence-electron chi connectivity index (χ1n) is 4.38. The topological polar surface area (TPSA) is 61.4 Å². The molecule has 2 N–H and O–H groups in total. The average Bonchev–Trinajstić information content (AvgIpc) is 2.13. The Bertz CT molecular complexity index is 214. The van der Waals surface area contributed by atoms with E-state index < -0.39 is 0 Å². The molecule has 0 bridgehead atoms. The summed E-state index contributed by atoms with van der Waals surface area (Å²) in [4.78, 5) is 23.7. The van der Waals surface area contributed by atoms with Crippen LogP contribution >= 0.6 is 0 Å². The van der Waals surface area contributed by atoms with Crippen molar-refractivity contribution in [2.75, 3.05) is 33.7 Å². The quantitative estimate of drug-likeness (QED) is 0.537. The summed E-state index contributed by atoms with van der Waals surface area (Å²) in [7, 11) is 3.84. The van der Waals surface area contributed by atoms with Crippen LogP contribution in [0.1, 0.15) is 0 Å². The second kappa shape index (κ2) is 7.08. The number of carbonyl (C=O) groups excluding carboxylic acids is 2. The molecule has 0 aromatic heterocycles. The molecule has 0 aliphatic heterocycles. The van der Waals surface area contributed by atoms with Gasteiger partial charge in [-0.2, -0.15) is 0 Å². The van der Waals surface area contributed by atoms with E-state index in [1.54, 1.807) is 0 Å². The van der Waals surface area contributed by atoms with Gasteiger partial charge in [-0.15, -0.1) is 0 Å².